The lowest BCUT2D eigenvalue weighted by molar-refractivity contribution is 0.0695. The zero-order valence-corrected chi connectivity index (χ0v) is 19.3. The molecule has 1 saturated heterocycles. The largest absolute Gasteiger partial charge is 0.462 e. The summed E-state index contributed by atoms with van der Waals surface area (Å²) in [5, 5.41) is 4.17. The molecule has 0 aliphatic carbocycles. The van der Waals surface area contributed by atoms with Crippen molar-refractivity contribution >= 4 is 42.1 Å². The summed E-state index contributed by atoms with van der Waals surface area (Å²) in [5.74, 6) is 1.43. The first kappa shape index (κ1) is 24.4. The molecule has 0 atom stereocenters. The van der Waals surface area contributed by atoms with Gasteiger partial charge in [0.1, 0.15) is 4.88 Å². The minimum atomic E-state index is 0. The van der Waals surface area contributed by atoms with Crippen molar-refractivity contribution in [3.63, 3.8) is 0 Å². The molecule has 1 fully saturated rings. The standard InChI is InChI=1S/C22H25N3O2S.2ClH/c1-2-23-15-16-10-12-25(13-11-16)22(26)20-19(17-7-4-3-5-8-17)24-21(28-20)18-9-6-14-27-18;;/h3-9,14,16,23H,2,10-13,15H2,1H3;2*1H. The lowest BCUT2D eigenvalue weighted by atomic mass is 9.96. The highest BCUT2D eigenvalue weighted by molar-refractivity contribution is 7.17. The van der Waals surface area contributed by atoms with E-state index in [0.29, 0.717) is 16.6 Å². The quantitative estimate of drug-likeness (QED) is 0.528. The van der Waals surface area contributed by atoms with Gasteiger partial charge in [-0.15, -0.1) is 36.2 Å². The van der Waals surface area contributed by atoms with Crippen LogP contribution in [0.15, 0.2) is 53.1 Å². The molecular formula is C22H27Cl2N3O2S. The third-order valence-electron chi connectivity index (χ3n) is 5.19. The number of thiazole rings is 1. The highest BCUT2D eigenvalue weighted by atomic mass is 35.5. The van der Waals surface area contributed by atoms with Crippen LogP contribution in [0.5, 0.6) is 0 Å². The van der Waals surface area contributed by atoms with Crippen molar-refractivity contribution in [3.8, 4) is 22.0 Å². The fourth-order valence-electron chi connectivity index (χ4n) is 3.59. The average molecular weight is 468 g/mol. The second-order valence-electron chi connectivity index (χ2n) is 7.08. The molecule has 0 spiro atoms. The fraction of sp³-hybridized carbons (Fsp3) is 0.364. The SMILES string of the molecule is CCNCC1CCN(C(=O)c2sc(-c3ccco3)nc2-c2ccccc2)CC1.Cl.Cl. The van der Waals surface area contributed by atoms with E-state index in [1.54, 1.807) is 6.26 Å². The first-order valence-electron chi connectivity index (χ1n) is 9.86. The lowest BCUT2D eigenvalue weighted by Gasteiger charge is -2.32. The number of hydrogen-bond donors (Lipinski definition) is 1. The molecule has 8 heteroatoms. The van der Waals surface area contributed by atoms with E-state index in [1.165, 1.54) is 11.3 Å². The van der Waals surface area contributed by atoms with Crippen molar-refractivity contribution in [2.45, 2.75) is 19.8 Å². The van der Waals surface area contributed by atoms with Crippen LogP contribution in [0.2, 0.25) is 0 Å². The average Bonchev–Trinajstić information content (AvgIpc) is 3.42. The number of aromatic nitrogens is 1. The highest BCUT2D eigenvalue weighted by Gasteiger charge is 2.28. The Morgan fingerprint density at radius 3 is 2.53 bits per heavy atom. The van der Waals surface area contributed by atoms with Crippen LogP contribution in [0.25, 0.3) is 22.0 Å². The maximum absolute atomic E-state index is 13.3. The van der Waals surface area contributed by atoms with Crippen molar-refractivity contribution in [3.05, 3.63) is 53.6 Å². The van der Waals surface area contributed by atoms with Crippen LogP contribution in [0.3, 0.4) is 0 Å². The van der Waals surface area contributed by atoms with Gasteiger partial charge in [-0.05, 0) is 44.0 Å². The Balaban J connectivity index is 0.00000160. The van der Waals surface area contributed by atoms with Crippen molar-refractivity contribution in [1.29, 1.82) is 0 Å². The van der Waals surface area contributed by atoms with Gasteiger partial charge in [-0.25, -0.2) is 4.98 Å². The molecule has 30 heavy (non-hydrogen) atoms. The molecule has 1 N–H and O–H groups in total. The van der Waals surface area contributed by atoms with Gasteiger partial charge in [0, 0.05) is 18.7 Å². The number of piperidine rings is 1. The molecule has 4 rings (SSSR count). The number of likely N-dealkylation sites (tertiary alicyclic amines) is 1. The van der Waals surface area contributed by atoms with Gasteiger partial charge in [0.15, 0.2) is 10.8 Å². The Morgan fingerprint density at radius 1 is 1.17 bits per heavy atom. The summed E-state index contributed by atoms with van der Waals surface area (Å²) in [6.07, 6.45) is 3.72. The number of nitrogens with zero attached hydrogens (tertiary/aromatic N) is 2. The molecule has 0 unspecified atom stereocenters. The number of carbonyl (C=O) groups excluding carboxylic acids is 1. The van der Waals surface area contributed by atoms with Crippen LogP contribution in [0.1, 0.15) is 29.4 Å². The predicted octanol–water partition coefficient (Wildman–Crippen LogP) is 5.38. The summed E-state index contributed by atoms with van der Waals surface area (Å²) >= 11 is 1.42. The van der Waals surface area contributed by atoms with Crippen LogP contribution in [-0.4, -0.2) is 42.0 Å². The number of benzene rings is 1. The van der Waals surface area contributed by atoms with E-state index in [9.17, 15) is 4.79 Å². The summed E-state index contributed by atoms with van der Waals surface area (Å²) in [6, 6.07) is 13.6. The highest BCUT2D eigenvalue weighted by Crippen LogP contribution is 2.35. The topological polar surface area (TPSA) is 58.4 Å². The van der Waals surface area contributed by atoms with Gasteiger partial charge in [0.2, 0.25) is 0 Å². The van der Waals surface area contributed by atoms with E-state index in [2.05, 4.69) is 12.2 Å². The molecule has 0 bridgehead atoms. The number of rotatable bonds is 6. The van der Waals surface area contributed by atoms with Gasteiger partial charge in [0.25, 0.3) is 5.91 Å². The summed E-state index contributed by atoms with van der Waals surface area (Å²) in [7, 11) is 0. The van der Waals surface area contributed by atoms with Crippen LogP contribution < -0.4 is 5.32 Å². The van der Waals surface area contributed by atoms with Crippen molar-refractivity contribution in [2.24, 2.45) is 5.92 Å². The van der Waals surface area contributed by atoms with E-state index >= 15 is 0 Å². The predicted molar refractivity (Wildman–Crippen MR) is 127 cm³/mol. The Kier molecular flexibility index (Phi) is 9.37. The number of furan rings is 1. The van der Waals surface area contributed by atoms with Gasteiger partial charge < -0.3 is 14.6 Å². The number of halogens is 2. The van der Waals surface area contributed by atoms with E-state index < -0.39 is 0 Å². The maximum Gasteiger partial charge on any atom is 0.266 e. The molecule has 1 aliphatic rings. The molecule has 5 nitrogen and oxygen atoms in total. The van der Waals surface area contributed by atoms with Crippen LogP contribution in [0, 0.1) is 5.92 Å². The van der Waals surface area contributed by atoms with Crippen LogP contribution in [0.4, 0.5) is 0 Å². The molecule has 1 amide bonds. The first-order valence-corrected chi connectivity index (χ1v) is 10.7. The molecule has 2 aromatic heterocycles. The van der Waals surface area contributed by atoms with Gasteiger partial charge >= 0.3 is 0 Å². The van der Waals surface area contributed by atoms with Crippen LogP contribution in [-0.2, 0) is 0 Å². The monoisotopic (exact) mass is 467 g/mol. The van der Waals surface area contributed by atoms with Gasteiger partial charge in [-0.2, -0.15) is 0 Å². The van der Waals surface area contributed by atoms with Crippen molar-refractivity contribution < 1.29 is 9.21 Å². The summed E-state index contributed by atoms with van der Waals surface area (Å²) in [6.45, 7) is 5.77. The third-order valence-corrected chi connectivity index (χ3v) is 6.24. The summed E-state index contributed by atoms with van der Waals surface area (Å²) < 4.78 is 5.52. The molecule has 0 saturated carbocycles. The summed E-state index contributed by atoms with van der Waals surface area (Å²) in [4.78, 5) is 20.8. The zero-order valence-electron chi connectivity index (χ0n) is 16.9. The van der Waals surface area contributed by atoms with E-state index in [4.69, 9.17) is 9.40 Å². The second kappa shape index (κ2) is 11.5. The van der Waals surface area contributed by atoms with Gasteiger partial charge in [0.05, 0.1) is 12.0 Å². The van der Waals surface area contributed by atoms with E-state index in [1.807, 2.05) is 47.4 Å². The minimum absolute atomic E-state index is 0. The first-order chi connectivity index (χ1) is 13.8. The number of amides is 1. The number of nitrogens with one attached hydrogen (secondary N) is 1. The Labute approximate surface area is 193 Å². The molecule has 0 radical (unpaired) electrons. The van der Waals surface area contributed by atoms with E-state index in [-0.39, 0.29) is 30.7 Å². The molecular weight excluding hydrogens is 441 g/mol. The summed E-state index contributed by atoms with van der Waals surface area (Å²) in [5.41, 5.74) is 1.71. The molecule has 3 heterocycles. The molecule has 1 aromatic carbocycles. The smallest absolute Gasteiger partial charge is 0.266 e. The lowest BCUT2D eigenvalue weighted by Crippen LogP contribution is -2.40. The van der Waals surface area contributed by atoms with Crippen LogP contribution >= 0.6 is 36.2 Å². The minimum Gasteiger partial charge on any atom is -0.462 e. The number of carbonyl (C=O) groups is 1. The third kappa shape index (κ3) is 5.43. The Bertz CT molecular complexity index is 908. The molecule has 1 aliphatic heterocycles. The second-order valence-corrected chi connectivity index (χ2v) is 8.08. The van der Waals surface area contributed by atoms with E-state index in [0.717, 1.165) is 55.3 Å². The zero-order chi connectivity index (χ0) is 19.3. The van der Waals surface area contributed by atoms with Gasteiger partial charge in [-0.3, -0.25) is 4.79 Å². The molecule has 3 aromatic rings. The van der Waals surface area contributed by atoms with Gasteiger partial charge in [-0.1, -0.05) is 37.3 Å². The maximum atomic E-state index is 13.3. The molecule has 162 valence electrons. The number of hydrogen-bond acceptors (Lipinski definition) is 5. The van der Waals surface area contributed by atoms with Crippen molar-refractivity contribution in [2.75, 3.05) is 26.2 Å². The Hall–Kier alpha value is -1.86. The Morgan fingerprint density at radius 2 is 1.90 bits per heavy atom. The normalized spacial score (nSPS) is 14.1. The fourth-order valence-corrected chi connectivity index (χ4v) is 4.62. The van der Waals surface area contributed by atoms with Crippen molar-refractivity contribution in [1.82, 2.24) is 15.2 Å².